The molecular weight excluding hydrogens is 309 g/mol. The van der Waals surface area contributed by atoms with Gasteiger partial charge < -0.3 is 9.84 Å². The zero-order chi connectivity index (χ0) is 14.8. The van der Waals surface area contributed by atoms with Crippen molar-refractivity contribution in [1.29, 1.82) is 0 Å². The van der Waals surface area contributed by atoms with Crippen molar-refractivity contribution < 1.29 is 9.84 Å². The molecule has 21 heavy (non-hydrogen) atoms. The van der Waals surface area contributed by atoms with Gasteiger partial charge in [0.2, 0.25) is 5.88 Å². The van der Waals surface area contributed by atoms with Crippen LogP contribution < -0.4 is 4.74 Å². The predicted molar refractivity (Wildman–Crippen MR) is 84.2 cm³/mol. The van der Waals surface area contributed by atoms with Crippen LogP contribution in [0.5, 0.6) is 11.6 Å². The summed E-state index contributed by atoms with van der Waals surface area (Å²) >= 11 is 12.0. The van der Waals surface area contributed by atoms with Gasteiger partial charge in [-0.25, -0.2) is 4.98 Å². The number of ether oxygens (including phenoxy) is 1. The van der Waals surface area contributed by atoms with Gasteiger partial charge in [0.15, 0.2) is 0 Å². The number of aliphatic hydroxyl groups is 1. The molecular formula is C16H11Cl2NO2. The zero-order valence-electron chi connectivity index (χ0n) is 10.9. The van der Waals surface area contributed by atoms with E-state index in [9.17, 15) is 5.11 Å². The Morgan fingerprint density at radius 2 is 1.86 bits per heavy atom. The molecule has 1 N–H and O–H groups in total. The van der Waals surface area contributed by atoms with Gasteiger partial charge in [-0.3, -0.25) is 0 Å². The molecule has 0 aliphatic rings. The predicted octanol–water partition coefficient (Wildman–Crippen LogP) is 4.83. The maximum absolute atomic E-state index is 9.32. The number of rotatable bonds is 3. The molecule has 0 saturated heterocycles. The average Bonchev–Trinajstić information content (AvgIpc) is 2.49. The first-order chi connectivity index (χ1) is 10.2. The number of fused-ring (bicyclic) bond motifs is 1. The van der Waals surface area contributed by atoms with Crippen molar-refractivity contribution >= 4 is 34.0 Å². The molecule has 1 heterocycles. The Labute approximate surface area is 131 Å². The molecule has 2 aromatic carbocycles. The van der Waals surface area contributed by atoms with Gasteiger partial charge in [0.1, 0.15) is 5.75 Å². The Balaban J connectivity index is 2.10. The number of halogens is 2. The van der Waals surface area contributed by atoms with E-state index < -0.39 is 0 Å². The number of aliphatic hydroxyl groups excluding tert-OH is 1. The lowest BCUT2D eigenvalue weighted by molar-refractivity contribution is 0.275. The summed E-state index contributed by atoms with van der Waals surface area (Å²) in [4.78, 5) is 4.31. The third-order valence-corrected chi connectivity index (χ3v) is 3.55. The lowest BCUT2D eigenvalue weighted by atomic mass is 10.1. The van der Waals surface area contributed by atoms with Crippen LogP contribution in [0.2, 0.25) is 10.0 Å². The van der Waals surface area contributed by atoms with Crippen LogP contribution in [0.25, 0.3) is 10.8 Å². The average molecular weight is 320 g/mol. The first kappa shape index (κ1) is 14.1. The zero-order valence-corrected chi connectivity index (χ0v) is 12.4. The van der Waals surface area contributed by atoms with Crippen molar-refractivity contribution in [3.63, 3.8) is 0 Å². The van der Waals surface area contributed by atoms with Crippen LogP contribution in [0.4, 0.5) is 0 Å². The van der Waals surface area contributed by atoms with Gasteiger partial charge >= 0.3 is 0 Å². The largest absolute Gasteiger partial charge is 0.437 e. The highest BCUT2D eigenvalue weighted by Crippen LogP contribution is 2.34. The molecule has 1 aromatic heterocycles. The summed E-state index contributed by atoms with van der Waals surface area (Å²) in [5, 5.41) is 12.0. The van der Waals surface area contributed by atoms with Crippen molar-refractivity contribution in [2.45, 2.75) is 6.61 Å². The van der Waals surface area contributed by atoms with E-state index in [1.165, 1.54) is 0 Å². The van der Waals surface area contributed by atoms with Crippen LogP contribution in [-0.4, -0.2) is 10.1 Å². The Bertz CT molecular complexity index is 805. The molecule has 0 saturated carbocycles. The highest BCUT2D eigenvalue weighted by Gasteiger charge is 2.10. The Hall–Kier alpha value is -1.81. The molecule has 3 rings (SSSR count). The molecule has 0 bridgehead atoms. The highest BCUT2D eigenvalue weighted by atomic mass is 35.5. The summed E-state index contributed by atoms with van der Waals surface area (Å²) in [6.45, 7) is -0.157. The summed E-state index contributed by atoms with van der Waals surface area (Å²) in [6, 6.07) is 14.5. The molecule has 0 fully saturated rings. The number of pyridine rings is 1. The smallest absolute Gasteiger partial charge is 0.227 e. The summed E-state index contributed by atoms with van der Waals surface area (Å²) in [7, 11) is 0. The normalized spacial score (nSPS) is 10.8. The van der Waals surface area contributed by atoms with Gasteiger partial charge in [-0.1, -0.05) is 41.4 Å². The van der Waals surface area contributed by atoms with Crippen molar-refractivity contribution in [2.75, 3.05) is 0 Å². The van der Waals surface area contributed by atoms with E-state index in [4.69, 9.17) is 27.9 Å². The second kappa shape index (κ2) is 5.90. The number of hydrogen-bond donors (Lipinski definition) is 1. The van der Waals surface area contributed by atoms with Gasteiger partial charge in [-0.05, 0) is 35.7 Å². The topological polar surface area (TPSA) is 42.4 Å². The van der Waals surface area contributed by atoms with Crippen molar-refractivity contribution in [2.24, 2.45) is 0 Å². The first-order valence-corrected chi connectivity index (χ1v) is 7.05. The minimum atomic E-state index is -0.157. The van der Waals surface area contributed by atoms with Crippen LogP contribution in [0.3, 0.4) is 0 Å². The van der Waals surface area contributed by atoms with E-state index in [1.807, 2.05) is 30.3 Å². The molecule has 0 spiro atoms. The van der Waals surface area contributed by atoms with Gasteiger partial charge in [0.25, 0.3) is 0 Å². The third-order valence-electron chi connectivity index (χ3n) is 3.02. The van der Waals surface area contributed by atoms with Crippen LogP contribution in [-0.2, 0) is 6.61 Å². The van der Waals surface area contributed by atoms with Gasteiger partial charge in [-0.15, -0.1) is 0 Å². The number of nitrogens with zero attached hydrogens (tertiary/aromatic N) is 1. The fourth-order valence-electron chi connectivity index (χ4n) is 2.04. The fourth-order valence-corrected chi connectivity index (χ4v) is 2.49. The fraction of sp³-hybridized carbons (Fsp3) is 0.0625. The third kappa shape index (κ3) is 2.95. The Kier molecular flexibility index (Phi) is 3.97. The van der Waals surface area contributed by atoms with Crippen molar-refractivity contribution in [3.05, 3.63) is 64.3 Å². The van der Waals surface area contributed by atoms with Crippen molar-refractivity contribution in [3.8, 4) is 11.6 Å². The minimum absolute atomic E-state index is 0.157. The van der Waals surface area contributed by atoms with E-state index in [-0.39, 0.29) is 6.61 Å². The molecule has 106 valence electrons. The second-order valence-corrected chi connectivity index (χ2v) is 5.32. The maximum atomic E-state index is 9.32. The molecule has 0 unspecified atom stereocenters. The SMILES string of the molecule is OCc1cc2ccccc2c(Oc2ccc(Cl)cc2Cl)n1. The Morgan fingerprint density at radius 3 is 2.62 bits per heavy atom. The molecule has 0 amide bonds. The lowest BCUT2D eigenvalue weighted by Gasteiger charge is -2.11. The van der Waals surface area contributed by atoms with E-state index in [2.05, 4.69) is 4.98 Å². The quantitative estimate of drug-likeness (QED) is 0.752. The molecule has 0 aliphatic carbocycles. The van der Waals surface area contributed by atoms with E-state index in [0.29, 0.717) is 27.4 Å². The summed E-state index contributed by atoms with van der Waals surface area (Å²) in [5.74, 6) is 0.871. The molecule has 3 aromatic rings. The number of aromatic nitrogens is 1. The number of benzene rings is 2. The summed E-state index contributed by atoms with van der Waals surface area (Å²) < 4.78 is 5.81. The van der Waals surface area contributed by atoms with Crippen LogP contribution >= 0.6 is 23.2 Å². The summed E-state index contributed by atoms with van der Waals surface area (Å²) in [5.41, 5.74) is 0.536. The number of hydrogen-bond acceptors (Lipinski definition) is 3. The van der Waals surface area contributed by atoms with Crippen LogP contribution in [0, 0.1) is 0 Å². The van der Waals surface area contributed by atoms with Crippen LogP contribution in [0.15, 0.2) is 48.5 Å². The summed E-state index contributed by atoms with van der Waals surface area (Å²) in [6.07, 6.45) is 0. The Morgan fingerprint density at radius 1 is 1.05 bits per heavy atom. The van der Waals surface area contributed by atoms with Crippen molar-refractivity contribution in [1.82, 2.24) is 4.98 Å². The van der Waals surface area contributed by atoms with E-state index in [0.717, 1.165) is 10.8 Å². The van der Waals surface area contributed by atoms with Crippen LogP contribution in [0.1, 0.15) is 5.69 Å². The molecule has 0 atom stereocenters. The lowest BCUT2D eigenvalue weighted by Crippen LogP contribution is -1.95. The van der Waals surface area contributed by atoms with E-state index in [1.54, 1.807) is 18.2 Å². The molecule has 5 heteroatoms. The second-order valence-electron chi connectivity index (χ2n) is 4.47. The minimum Gasteiger partial charge on any atom is -0.437 e. The maximum Gasteiger partial charge on any atom is 0.227 e. The van der Waals surface area contributed by atoms with Gasteiger partial charge in [-0.2, -0.15) is 0 Å². The van der Waals surface area contributed by atoms with Gasteiger partial charge in [0, 0.05) is 10.4 Å². The molecule has 0 aliphatic heterocycles. The molecule has 3 nitrogen and oxygen atoms in total. The first-order valence-electron chi connectivity index (χ1n) is 6.30. The van der Waals surface area contributed by atoms with E-state index >= 15 is 0 Å². The standard InChI is InChI=1S/C16H11Cl2NO2/c17-11-5-6-15(14(18)8-11)21-16-13-4-2-1-3-10(13)7-12(9-20)19-16/h1-8,20H,9H2. The highest BCUT2D eigenvalue weighted by molar-refractivity contribution is 6.35. The molecule has 0 radical (unpaired) electrons. The van der Waals surface area contributed by atoms with Gasteiger partial charge in [0.05, 0.1) is 17.3 Å². The monoisotopic (exact) mass is 319 g/mol.